The average Bonchev–Trinajstić information content (AvgIpc) is 3.82. The van der Waals surface area contributed by atoms with Crippen LogP contribution in [0.3, 0.4) is 0 Å². The second-order valence-electron chi connectivity index (χ2n) is 14.6. The van der Waals surface area contributed by atoms with Crippen molar-refractivity contribution >= 4 is 76.3 Å². The van der Waals surface area contributed by atoms with Gasteiger partial charge in [0.15, 0.2) is 0 Å². The van der Waals surface area contributed by atoms with Crippen molar-refractivity contribution in [2.24, 2.45) is 0 Å². The van der Waals surface area contributed by atoms with E-state index in [1.54, 1.807) is 12.4 Å². The van der Waals surface area contributed by atoms with E-state index < -0.39 is 0 Å². The summed E-state index contributed by atoms with van der Waals surface area (Å²) < 4.78 is 8.81. The molecule has 0 saturated heterocycles. The van der Waals surface area contributed by atoms with E-state index in [0.29, 0.717) is 0 Å². The van der Waals surface area contributed by atoms with Gasteiger partial charge < -0.3 is 8.98 Å². The highest BCUT2D eigenvalue weighted by Gasteiger charge is 2.17. The zero-order valence-electron chi connectivity index (χ0n) is 30.1. The van der Waals surface area contributed by atoms with E-state index in [1.165, 1.54) is 21.8 Å². The number of rotatable bonds is 4. The van der Waals surface area contributed by atoms with Crippen molar-refractivity contribution in [2.75, 3.05) is 0 Å². The van der Waals surface area contributed by atoms with E-state index in [0.717, 1.165) is 93.6 Å². The minimum atomic E-state index is 0.903. The summed E-state index contributed by atoms with van der Waals surface area (Å²) >= 11 is 0. The molecular formula is C52H31N3O. The Hall–Kier alpha value is -7.56. The molecule has 0 saturated carbocycles. The quantitative estimate of drug-likeness (QED) is 0.171. The zero-order valence-corrected chi connectivity index (χ0v) is 30.1. The summed E-state index contributed by atoms with van der Waals surface area (Å²) in [5.41, 5.74) is 14.0. The second kappa shape index (κ2) is 12.0. The van der Waals surface area contributed by atoms with Gasteiger partial charge in [-0.3, -0.25) is 9.97 Å². The van der Waals surface area contributed by atoms with E-state index in [4.69, 9.17) is 14.4 Å². The fourth-order valence-corrected chi connectivity index (χ4v) is 8.90. The number of aromatic nitrogens is 3. The number of benzene rings is 9. The van der Waals surface area contributed by atoms with Gasteiger partial charge in [-0.05, 0) is 87.1 Å². The maximum atomic E-state index is 6.43. The molecule has 0 unspecified atom stereocenters. The fourth-order valence-electron chi connectivity index (χ4n) is 8.90. The van der Waals surface area contributed by atoms with Crippen LogP contribution < -0.4 is 0 Å². The fraction of sp³-hybridized carbons (Fsp3) is 0. The van der Waals surface area contributed by atoms with Crippen LogP contribution in [-0.2, 0) is 0 Å². The maximum absolute atomic E-state index is 6.43. The van der Waals surface area contributed by atoms with Gasteiger partial charge in [0, 0.05) is 56.0 Å². The van der Waals surface area contributed by atoms with Crippen molar-refractivity contribution in [1.29, 1.82) is 0 Å². The molecule has 12 aromatic rings. The number of nitrogens with zero attached hydrogens (tertiary/aromatic N) is 3. The zero-order chi connectivity index (χ0) is 36.7. The molecule has 0 spiro atoms. The van der Waals surface area contributed by atoms with Crippen molar-refractivity contribution in [1.82, 2.24) is 14.5 Å². The molecule has 12 rings (SSSR count). The molecule has 0 N–H and O–H groups in total. The third-order valence-corrected chi connectivity index (χ3v) is 11.5. The molecule has 0 bridgehead atoms. The van der Waals surface area contributed by atoms with E-state index >= 15 is 0 Å². The van der Waals surface area contributed by atoms with E-state index in [9.17, 15) is 0 Å². The lowest BCUT2D eigenvalue weighted by molar-refractivity contribution is 0.670. The molecule has 0 aliphatic rings. The van der Waals surface area contributed by atoms with Crippen LogP contribution in [-0.4, -0.2) is 14.5 Å². The van der Waals surface area contributed by atoms with Crippen LogP contribution in [0.25, 0.3) is 115 Å². The Labute approximate surface area is 321 Å². The van der Waals surface area contributed by atoms with E-state index in [2.05, 4.69) is 168 Å². The lowest BCUT2D eigenvalue weighted by atomic mass is 9.92. The summed E-state index contributed by atoms with van der Waals surface area (Å²) in [5.74, 6) is 0. The molecule has 260 valence electrons. The van der Waals surface area contributed by atoms with Crippen molar-refractivity contribution in [2.45, 2.75) is 0 Å². The van der Waals surface area contributed by atoms with Gasteiger partial charge in [0.2, 0.25) is 0 Å². The first-order valence-corrected chi connectivity index (χ1v) is 19.0. The van der Waals surface area contributed by atoms with E-state index in [-0.39, 0.29) is 0 Å². The third kappa shape index (κ3) is 4.60. The monoisotopic (exact) mass is 713 g/mol. The summed E-state index contributed by atoms with van der Waals surface area (Å²) in [4.78, 5) is 9.72. The Bertz CT molecular complexity index is 3500. The van der Waals surface area contributed by atoms with Gasteiger partial charge in [-0.1, -0.05) is 127 Å². The van der Waals surface area contributed by atoms with Crippen LogP contribution in [0, 0.1) is 0 Å². The minimum Gasteiger partial charge on any atom is -0.455 e. The summed E-state index contributed by atoms with van der Waals surface area (Å²) in [6.45, 7) is 0. The van der Waals surface area contributed by atoms with Crippen LogP contribution in [0.2, 0.25) is 0 Å². The Morgan fingerprint density at radius 2 is 0.893 bits per heavy atom. The minimum absolute atomic E-state index is 0.903. The number of para-hydroxylation sites is 4. The van der Waals surface area contributed by atoms with Crippen molar-refractivity contribution in [3.8, 4) is 39.1 Å². The highest BCUT2D eigenvalue weighted by atomic mass is 16.3. The van der Waals surface area contributed by atoms with Crippen LogP contribution in [0.15, 0.2) is 193 Å². The van der Waals surface area contributed by atoms with Crippen LogP contribution >= 0.6 is 0 Å². The van der Waals surface area contributed by atoms with Gasteiger partial charge in [-0.2, -0.15) is 0 Å². The van der Waals surface area contributed by atoms with Gasteiger partial charge in [0.1, 0.15) is 11.2 Å². The van der Waals surface area contributed by atoms with Crippen LogP contribution in [0.5, 0.6) is 0 Å². The Balaban J connectivity index is 1.03. The van der Waals surface area contributed by atoms with Crippen molar-refractivity contribution in [3.63, 3.8) is 0 Å². The molecule has 0 amide bonds. The molecule has 0 aliphatic carbocycles. The van der Waals surface area contributed by atoms with Gasteiger partial charge in [0.25, 0.3) is 0 Å². The predicted octanol–water partition coefficient (Wildman–Crippen LogP) is 13.9. The molecule has 9 aromatic carbocycles. The second-order valence-corrected chi connectivity index (χ2v) is 14.6. The molecule has 4 nitrogen and oxygen atoms in total. The molecule has 0 fully saturated rings. The van der Waals surface area contributed by atoms with E-state index in [1.807, 2.05) is 12.1 Å². The number of hydrogen-bond acceptors (Lipinski definition) is 3. The average molecular weight is 714 g/mol. The van der Waals surface area contributed by atoms with Gasteiger partial charge >= 0.3 is 0 Å². The first kappa shape index (κ1) is 30.9. The first-order chi connectivity index (χ1) is 27.8. The molecule has 56 heavy (non-hydrogen) atoms. The molecule has 3 aromatic heterocycles. The van der Waals surface area contributed by atoms with Gasteiger partial charge in [0.05, 0.1) is 22.1 Å². The highest BCUT2D eigenvalue weighted by molar-refractivity contribution is 6.24. The first-order valence-electron chi connectivity index (χ1n) is 19.0. The van der Waals surface area contributed by atoms with Crippen LogP contribution in [0.4, 0.5) is 0 Å². The molecule has 0 atom stereocenters. The SMILES string of the molecule is c1cc(-c2ccc3c(c2)c2cc(-c4cccc(-n5c6ccccc6c6ccccc65)c4)ccc2c2nccnc32)cc(-c2cccc3c2oc2ccccc23)c1. The number of fused-ring (bicyclic) bond motifs is 12. The topological polar surface area (TPSA) is 43.9 Å². The summed E-state index contributed by atoms with van der Waals surface area (Å²) in [5, 5.41) is 9.25. The standard InChI is InChI=1S/C52H31N3O/c1-4-19-47-39(14-1)40-15-2-5-20-48(40)55(47)37-13-8-11-33(29-37)35-23-25-43-46(31-35)45-30-34(22-24-42(45)50-51(43)54-27-26-53-50)32-10-7-12-36(28-32)38-17-9-18-44-41-16-3-6-21-49(41)56-52(38)44/h1-31H. The normalized spacial score (nSPS) is 11.9. The molecule has 0 radical (unpaired) electrons. The summed E-state index contributed by atoms with van der Waals surface area (Å²) in [7, 11) is 0. The molecule has 0 aliphatic heterocycles. The Kier molecular flexibility index (Phi) is 6.60. The lowest BCUT2D eigenvalue weighted by Crippen LogP contribution is -1.94. The number of furan rings is 1. The van der Waals surface area contributed by atoms with Gasteiger partial charge in [-0.15, -0.1) is 0 Å². The lowest BCUT2D eigenvalue weighted by Gasteiger charge is -2.14. The van der Waals surface area contributed by atoms with Crippen molar-refractivity contribution < 1.29 is 4.42 Å². The highest BCUT2D eigenvalue weighted by Crippen LogP contribution is 2.41. The third-order valence-electron chi connectivity index (χ3n) is 11.5. The molecular weight excluding hydrogens is 683 g/mol. The Morgan fingerprint density at radius 3 is 1.59 bits per heavy atom. The van der Waals surface area contributed by atoms with Gasteiger partial charge in [-0.25, -0.2) is 0 Å². The number of hydrogen-bond donors (Lipinski definition) is 0. The smallest absolute Gasteiger partial charge is 0.143 e. The largest absolute Gasteiger partial charge is 0.455 e. The van der Waals surface area contributed by atoms with Crippen LogP contribution in [0.1, 0.15) is 0 Å². The summed E-state index contributed by atoms with van der Waals surface area (Å²) in [6.07, 6.45) is 3.58. The Morgan fingerprint density at radius 1 is 0.357 bits per heavy atom. The molecule has 3 heterocycles. The molecule has 4 heteroatoms. The summed E-state index contributed by atoms with van der Waals surface area (Å²) in [6, 6.07) is 63.2. The predicted molar refractivity (Wildman–Crippen MR) is 232 cm³/mol. The maximum Gasteiger partial charge on any atom is 0.143 e. The van der Waals surface area contributed by atoms with Crippen molar-refractivity contribution in [3.05, 3.63) is 188 Å².